The van der Waals surface area contributed by atoms with E-state index in [1.54, 1.807) is 0 Å². The Labute approximate surface area is 184 Å². The number of rotatable bonds is 5. The van der Waals surface area contributed by atoms with Gasteiger partial charge in [-0.3, -0.25) is 9.78 Å². The van der Waals surface area contributed by atoms with Gasteiger partial charge in [0.05, 0.1) is 29.0 Å². The largest absolute Gasteiger partial charge is 0.373 e. The van der Waals surface area contributed by atoms with Crippen LogP contribution < -0.4 is 5.32 Å². The number of sulfonamides is 1. The van der Waals surface area contributed by atoms with Crippen molar-refractivity contribution in [2.24, 2.45) is 5.92 Å². The number of para-hydroxylation sites is 1. The van der Waals surface area contributed by atoms with Crippen molar-refractivity contribution in [2.45, 2.75) is 52.2 Å². The van der Waals surface area contributed by atoms with E-state index in [0.29, 0.717) is 24.6 Å². The van der Waals surface area contributed by atoms with Crippen LogP contribution in [0.25, 0.3) is 10.9 Å². The Morgan fingerprint density at radius 3 is 2.65 bits per heavy atom. The predicted molar refractivity (Wildman–Crippen MR) is 121 cm³/mol. The highest BCUT2D eigenvalue weighted by molar-refractivity contribution is 7.89. The van der Waals surface area contributed by atoms with Crippen molar-refractivity contribution < 1.29 is 17.9 Å². The van der Waals surface area contributed by atoms with Gasteiger partial charge in [-0.15, -0.1) is 0 Å². The molecule has 1 saturated heterocycles. The van der Waals surface area contributed by atoms with Crippen LogP contribution in [0.1, 0.15) is 48.8 Å². The van der Waals surface area contributed by atoms with Crippen LogP contribution in [0.3, 0.4) is 0 Å². The van der Waals surface area contributed by atoms with Crippen molar-refractivity contribution in [2.75, 3.05) is 25.4 Å². The van der Waals surface area contributed by atoms with E-state index in [1.807, 2.05) is 38.1 Å². The molecule has 1 aliphatic heterocycles. The van der Waals surface area contributed by atoms with Crippen LogP contribution in [0, 0.1) is 5.92 Å². The number of nitrogens with one attached hydrogen (secondary N) is 1. The smallest absolute Gasteiger partial charge is 0.252 e. The maximum absolute atomic E-state index is 13.2. The van der Waals surface area contributed by atoms with Crippen LogP contribution in [0.4, 0.5) is 0 Å². The monoisotopic (exact) mass is 445 g/mol. The fraction of sp³-hybridized carbons (Fsp3) is 0.565. The molecule has 31 heavy (non-hydrogen) atoms. The number of hydrogen-bond donors (Lipinski definition) is 1. The van der Waals surface area contributed by atoms with Gasteiger partial charge >= 0.3 is 0 Å². The first-order valence-electron chi connectivity index (χ1n) is 11.1. The first kappa shape index (κ1) is 22.2. The molecule has 2 heterocycles. The van der Waals surface area contributed by atoms with E-state index >= 15 is 0 Å². The second-order valence-corrected chi connectivity index (χ2v) is 11.0. The van der Waals surface area contributed by atoms with Crippen molar-refractivity contribution in [3.05, 3.63) is 41.1 Å². The molecule has 7 nitrogen and oxygen atoms in total. The molecule has 8 heteroatoms. The summed E-state index contributed by atoms with van der Waals surface area (Å²) in [6.45, 7) is 6.71. The summed E-state index contributed by atoms with van der Waals surface area (Å²) in [4.78, 5) is 18.0. The maximum atomic E-state index is 13.2. The average Bonchev–Trinajstić information content (AvgIpc) is 2.71. The SMILES string of the molecule is C[C@@H]1CCc2nc3ccccc3c(C(=O)NCCS(=O)(=O)N3C[C@@H](C)O[C@@H](C)C3)c2C1. The average molecular weight is 446 g/mol. The number of benzene rings is 1. The Morgan fingerprint density at radius 1 is 1.19 bits per heavy atom. The molecule has 1 aromatic carbocycles. The van der Waals surface area contributed by atoms with Gasteiger partial charge in [-0.25, -0.2) is 8.42 Å². The molecule has 3 atom stereocenters. The third-order valence-electron chi connectivity index (χ3n) is 6.16. The van der Waals surface area contributed by atoms with Crippen molar-refractivity contribution in [1.82, 2.24) is 14.6 Å². The molecule has 168 valence electrons. The molecule has 0 saturated carbocycles. The highest BCUT2D eigenvalue weighted by Gasteiger charge is 2.31. The van der Waals surface area contributed by atoms with Crippen molar-refractivity contribution in [3.8, 4) is 0 Å². The van der Waals surface area contributed by atoms with E-state index in [4.69, 9.17) is 9.72 Å². The molecule has 1 fully saturated rings. The molecule has 2 aliphatic rings. The van der Waals surface area contributed by atoms with Gasteiger partial charge in [-0.2, -0.15) is 4.31 Å². The van der Waals surface area contributed by atoms with E-state index in [9.17, 15) is 13.2 Å². The van der Waals surface area contributed by atoms with Gasteiger partial charge in [-0.05, 0) is 50.7 Å². The van der Waals surface area contributed by atoms with Crippen molar-refractivity contribution >= 4 is 26.8 Å². The third-order valence-corrected chi connectivity index (χ3v) is 7.96. The molecule has 1 aliphatic carbocycles. The highest BCUT2D eigenvalue weighted by atomic mass is 32.2. The Bertz CT molecular complexity index is 1080. The topological polar surface area (TPSA) is 88.6 Å². The van der Waals surface area contributed by atoms with E-state index in [0.717, 1.165) is 41.4 Å². The lowest BCUT2D eigenvalue weighted by molar-refractivity contribution is -0.0440. The van der Waals surface area contributed by atoms with Crippen molar-refractivity contribution in [1.29, 1.82) is 0 Å². The quantitative estimate of drug-likeness (QED) is 0.764. The van der Waals surface area contributed by atoms with Crippen LogP contribution in [-0.2, 0) is 27.6 Å². The second kappa shape index (κ2) is 8.84. The fourth-order valence-electron chi connectivity index (χ4n) is 4.69. The molecule has 0 radical (unpaired) electrons. The summed E-state index contributed by atoms with van der Waals surface area (Å²) in [5, 5.41) is 3.70. The second-order valence-electron chi connectivity index (χ2n) is 8.92. The zero-order chi connectivity index (χ0) is 22.2. The molecule has 1 aromatic heterocycles. The fourth-order valence-corrected chi connectivity index (χ4v) is 6.18. The number of aromatic nitrogens is 1. The van der Waals surface area contributed by atoms with Gasteiger partial charge in [0.25, 0.3) is 5.91 Å². The Hall–Kier alpha value is -2.03. The molecule has 2 aromatic rings. The number of carbonyl (C=O) groups excluding carboxylic acids is 1. The Balaban J connectivity index is 1.52. The molecule has 1 N–H and O–H groups in total. The number of ether oxygens (including phenoxy) is 1. The van der Waals surface area contributed by atoms with Gasteiger partial charge < -0.3 is 10.1 Å². The molecule has 0 bridgehead atoms. The van der Waals surface area contributed by atoms with Gasteiger partial charge in [0.15, 0.2) is 0 Å². The van der Waals surface area contributed by atoms with E-state index < -0.39 is 10.0 Å². The molecule has 0 unspecified atom stereocenters. The molecule has 0 spiro atoms. The number of nitrogens with zero attached hydrogens (tertiary/aromatic N) is 2. The van der Waals surface area contributed by atoms with E-state index in [2.05, 4.69) is 12.2 Å². The lowest BCUT2D eigenvalue weighted by Gasteiger charge is -2.34. The lowest BCUT2D eigenvalue weighted by Crippen LogP contribution is -2.49. The number of pyridine rings is 1. The number of amides is 1. The first-order chi connectivity index (χ1) is 14.7. The van der Waals surface area contributed by atoms with Gasteiger partial charge in [-0.1, -0.05) is 25.1 Å². The molecule has 4 rings (SSSR count). The Morgan fingerprint density at radius 2 is 1.90 bits per heavy atom. The summed E-state index contributed by atoms with van der Waals surface area (Å²) in [6.07, 6.45) is 2.48. The molecule has 1 amide bonds. The third kappa shape index (κ3) is 4.76. The zero-order valence-corrected chi connectivity index (χ0v) is 19.2. The van der Waals surface area contributed by atoms with Gasteiger partial charge in [0.1, 0.15) is 0 Å². The van der Waals surface area contributed by atoms with E-state index in [-0.39, 0.29) is 30.4 Å². The first-order valence-corrected chi connectivity index (χ1v) is 12.7. The number of fused-ring (bicyclic) bond motifs is 2. The minimum Gasteiger partial charge on any atom is -0.373 e. The summed E-state index contributed by atoms with van der Waals surface area (Å²) in [7, 11) is -3.47. The number of aryl methyl sites for hydroxylation is 1. The molecular formula is C23H31N3O4S. The van der Waals surface area contributed by atoms with Crippen LogP contribution in [0.5, 0.6) is 0 Å². The van der Waals surface area contributed by atoms with Crippen LogP contribution in [0.2, 0.25) is 0 Å². The summed E-state index contributed by atoms with van der Waals surface area (Å²) in [5.41, 5.74) is 3.46. The number of morpholine rings is 1. The van der Waals surface area contributed by atoms with Crippen LogP contribution >= 0.6 is 0 Å². The van der Waals surface area contributed by atoms with Crippen molar-refractivity contribution in [3.63, 3.8) is 0 Å². The highest BCUT2D eigenvalue weighted by Crippen LogP contribution is 2.31. The van der Waals surface area contributed by atoms with E-state index in [1.165, 1.54) is 4.31 Å². The standard InChI is InChI=1S/C23H31N3O4S/c1-15-8-9-21-19(12-15)22(18-6-4-5-7-20(18)25-21)23(27)24-10-11-31(28,29)26-13-16(2)30-17(3)14-26/h4-7,15-17H,8-14H2,1-3H3,(H,24,27)/t15-,16-,17+/m1/s1. The Kier molecular flexibility index (Phi) is 6.32. The maximum Gasteiger partial charge on any atom is 0.252 e. The summed E-state index contributed by atoms with van der Waals surface area (Å²) >= 11 is 0. The van der Waals surface area contributed by atoms with Gasteiger partial charge in [0, 0.05) is 30.7 Å². The lowest BCUT2D eigenvalue weighted by atomic mass is 9.84. The van der Waals surface area contributed by atoms with Crippen LogP contribution in [-0.4, -0.2) is 61.2 Å². The zero-order valence-electron chi connectivity index (χ0n) is 18.4. The predicted octanol–water partition coefficient (Wildman–Crippen LogP) is 2.53. The minimum absolute atomic E-state index is 0.0717. The number of carbonyl (C=O) groups is 1. The minimum atomic E-state index is -3.47. The normalized spacial score (nSPS) is 24.7. The summed E-state index contributed by atoms with van der Waals surface area (Å²) in [5.74, 6) is 0.148. The van der Waals surface area contributed by atoms with Crippen LogP contribution in [0.15, 0.2) is 24.3 Å². The van der Waals surface area contributed by atoms with Gasteiger partial charge in [0.2, 0.25) is 10.0 Å². The molecular weight excluding hydrogens is 414 g/mol. The number of hydrogen-bond acceptors (Lipinski definition) is 5. The summed E-state index contributed by atoms with van der Waals surface area (Å²) < 4.78 is 32.7. The summed E-state index contributed by atoms with van der Waals surface area (Å²) in [6, 6.07) is 7.68.